The zero-order valence-electron chi connectivity index (χ0n) is 11.2. The largest absolute Gasteiger partial charge is 0.397 e. The maximum Gasteiger partial charge on any atom is 0.0633 e. The van der Waals surface area contributed by atoms with E-state index < -0.39 is 0 Å². The Morgan fingerprint density at radius 3 is 2.42 bits per heavy atom. The van der Waals surface area contributed by atoms with E-state index >= 15 is 0 Å². The first-order valence-electron chi connectivity index (χ1n) is 6.47. The second kappa shape index (κ2) is 6.25. The van der Waals surface area contributed by atoms with E-state index in [-0.39, 0.29) is 6.61 Å². The Labute approximate surface area is 114 Å². The highest BCUT2D eigenvalue weighted by atomic mass is 16.3. The van der Waals surface area contributed by atoms with Crippen molar-refractivity contribution in [2.75, 3.05) is 23.8 Å². The van der Waals surface area contributed by atoms with Crippen molar-refractivity contribution in [1.29, 1.82) is 0 Å². The maximum absolute atomic E-state index is 9.28. The summed E-state index contributed by atoms with van der Waals surface area (Å²) < 4.78 is 0. The molecular weight excluding hydrogens is 236 g/mol. The average Bonchev–Trinajstić information content (AvgIpc) is 2.40. The van der Waals surface area contributed by atoms with E-state index in [0.717, 1.165) is 23.5 Å². The first kappa shape index (κ1) is 13.4. The van der Waals surface area contributed by atoms with Gasteiger partial charge in [0.15, 0.2) is 0 Å². The van der Waals surface area contributed by atoms with Gasteiger partial charge in [0.1, 0.15) is 0 Å². The number of aliphatic hydroxyl groups is 1. The molecule has 0 atom stereocenters. The smallest absolute Gasteiger partial charge is 0.0633 e. The van der Waals surface area contributed by atoms with E-state index in [1.807, 2.05) is 43.3 Å². The summed E-state index contributed by atoms with van der Waals surface area (Å²) in [6.45, 7) is 3.47. The molecule has 0 aliphatic heterocycles. The Morgan fingerprint density at radius 2 is 1.79 bits per heavy atom. The Kier molecular flexibility index (Phi) is 4.42. The standard InChI is InChI=1S/C16H20N2O/c1-13-6-5-9-15(17)16(13)18(10-11-19)12-14-7-3-2-4-8-14/h2-9,19H,10-12,17H2,1H3. The van der Waals surface area contributed by atoms with Crippen LogP contribution in [0.5, 0.6) is 0 Å². The van der Waals surface area contributed by atoms with Gasteiger partial charge in [0.25, 0.3) is 0 Å². The number of rotatable bonds is 5. The highest BCUT2D eigenvalue weighted by molar-refractivity contribution is 5.71. The monoisotopic (exact) mass is 256 g/mol. The molecule has 2 rings (SSSR count). The first-order valence-corrected chi connectivity index (χ1v) is 6.47. The van der Waals surface area contributed by atoms with Crippen LogP contribution < -0.4 is 10.6 Å². The second-order valence-electron chi connectivity index (χ2n) is 4.64. The first-order chi connectivity index (χ1) is 9.22. The van der Waals surface area contributed by atoms with Crippen LogP contribution in [0.15, 0.2) is 48.5 Å². The van der Waals surface area contributed by atoms with Gasteiger partial charge in [-0.15, -0.1) is 0 Å². The van der Waals surface area contributed by atoms with Gasteiger partial charge < -0.3 is 15.7 Å². The summed E-state index contributed by atoms with van der Waals surface area (Å²) in [6, 6.07) is 16.1. The van der Waals surface area contributed by atoms with Crippen molar-refractivity contribution in [2.24, 2.45) is 0 Å². The molecule has 0 unspecified atom stereocenters. The number of aryl methyl sites for hydroxylation is 1. The van der Waals surface area contributed by atoms with Crippen molar-refractivity contribution in [3.05, 3.63) is 59.7 Å². The molecule has 0 saturated heterocycles. The van der Waals surface area contributed by atoms with E-state index in [1.54, 1.807) is 0 Å². The number of benzene rings is 2. The Balaban J connectivity index is 2.30. The number of hydrogen-bond donors (Lipinski definition) is 2. The Morgan fingerprint density at radius 1 is 1.05 bits per heavy atom. The fourth-order valence-corrected chi connectivity index (χ4v) is 2.31. The number of nitrogen functional groups attached to an aromatic ring is 1. The summed E-state index contributed by atoms with van der Waals surface area (Å²) in [6.07, 6.45) is 0. The minimum atomic E-state index is 0.112. The van der Waals surface area contributed by atoms with Crippen LogP contribution >= 0.6 is 0 Å². The normalized spacial score (nSPS) is 10.4. The van der Waals surface area contributed by atoms with Crippen molar-refractivity contribution in [1.82, 2.24) is 0 Å². The second-order valence-corrected chi connectivity index (χ2v) is 4.64. The van der Waals surface area contributed by atoms with Crippen LogP contribution in [-0.2, 0) is 6.54 Å². The zero-order valence-corrected chi connectivity index (χ0v) is 11.2. The van der Waals surface area contributed by atoms with Crippen LogP contribution in [0, 0.1) is 6.92 Å². The quantitative estimate of drug-likeness (QED) is 0.808. The van der Waals surface area contributed by atoms with Crippen LogP contribution in [0.3, 0.4) is 0 Å². The minimum Gasteiger partial charge on any atom is -0.397 e. The lowest BCUT2D eigenvalue weighted by Crippen LogP contribution is -2.27. The fraction of sp³-hybridized carbons (Fsp3) is 0.250. The van der Waals surface area contributed by atoms with Crippen LogP contribution in [0.2, 0.25) is 0 Å². The molecule has 0 aliphatic rings. The summed E-state index contributed by atoms with van der Waals surface area (Å²) in [4.78, 5) is 2.12. The van der Waals surface area contributed by atoms with E-state index in [0.29, 0.717) is 6.54 Å². The number of anilines is 2. The number of aliphatic hydroxyl groups excluding tert-OH is 1. The van der Waals surface area contributed by atoms with Crippen molar-refractivity contribution in [3.8, 4) is 0 Å². The molecule has 0 bridgehead atoms. The average molecular weight is 256 g/mol. The molecule has 19 heavy (non-hydrogen) atoms. The summed E-state index contributed by atoms with van der Waals surface area (Å²) in [5.41, 5.74) is 10.2. The lowest BCUT2D eigenvalue weighted by Gasteiger charge is -2.27. The predicted molar refractivity (Wildman–Crippen MR) is 80.2 cm³/mol. The van der Waals surface area contributed by atoms with Crippen LogP contribution in [-0.4, -0.2) is 18.3 Å². The third kappa shape index (κ3) is 3.26. The molecule has 0 radical (unpaired) electrons. The molecule has 0 heterocycles. The molecule has 3 heteroatoms. The summed E-state index contributed by atoms with van der Waals surface area (Å²) in [5, 5.41) is 9.28. The van der Waals surface area contributed by atoms with Crippen molar-refractivity contribution in [2.45, 2.75) is 13.5 Å². The highest BCUT2D eigenvalue weighted by Gasteiger charge is 2.12. The van der Waals surface area contributed by atoms with E-state index in [2.05, 4.69) is 17.0 Å². The van der Waals surface area contributed by atoms with Gasteiger partial charge in [0, 0.05) is 13.1 Å². The third-order valence-electron chi connectivity index (χ3n) is 3.17. The highest BCUT2D eigenvalue weighted by Crippen LogP contribution is 2.28. The lowest BCUT2D eigenvalue weighted by atomic mass is 10.1. The molecule has 0 aliphatic carbocycles. The van der Waals surface area contributed by atoms with Gasteiger partial charge in [-0.05, 0) is 24.1 Å². The van der Waals surface area contributed by atoms with Crippen LogP contribution in [0.25, 0.3) is 0 Å². The van der Waals surface area contributed by atoms with Gasteiger partial charge in [0.05, 0.1) is 18.0 Å². The molecule has 0 saturated carbocycles. The zero-order chi connectivity index (χ0) is 13.7. The Hall–Kier alpha value is -2.00. The van der Waals surface area contributed by atoms with E-state index in [4.69, 9.17) is 5.73 Å². The van der Waals surface area contributed by atoms with E-state index in [1.165, 1.54) is 5.56 Å². The fourth-order valence-electron chi connectivity index (χ4n) is 2.31. The molecule has 0 aromatic heterocycles. The van der Waals surface area contributed by atoms with Crippen molar-refractivity contribution >= 4 is 11.4 Å². The molecule has 0 amide bonds. The van der Waals surface area contributed by atoms with Gasteiger partial charge >= 0.3 is 0 Å². The van der Waals surface area contributed by atoms with Crippen molar-refractivity contribution < 1.29 is 5.11 Å². The topological polar surface area (TPSA) is 49.5 Å². The van der Waals surface area contributed by atoms with E-state index in [9.17, 15) is 5.11 Å². The van der Waals surface area contributed by atoms with Gasteiger partial charge in [-0.1, -0.05) is 42.5 Å². The molecule has 0 fully saturated rings. The molecule has 3 nitrogen and oxygen atoms in total. The van der Waals surface area contributed by atoms with Crippen LogP contribution in [0.4, 0.5) is 11.4 Å². The summed E-state index contributed by atoms with van der Waals surface area (Å²) in [7, 11) is 0. The molecule has 2 aromatic carbocycles. The predicted octanol–water partition coefficient (Wildman–Crippen LogP) is 2.58. The molecule has 100 valence electrons. The lowest BCUT2D eigenvalue weighted by molar-refractivity contribution is 0.301. The maximum atomic E-state index is 9.28. The number of nitrogens with zero attached hydrogens (tertiary/aromatic N) is 1. The number of nitrogens with two attached hydrogens (primary N) is 1. The Bertz CT molecular complexity index is 505. The number of hydrogen-bond acceptors (Lipinski definition) is 3. The minimum absolute atomic E-state index is 0.112. The summed E-state index contributed by atoms with van der Waals surface area (Å²) in [5.74, 6) is 0. The van der Waals surface area contributed by atoms with Gasteiger partial charge in [-0.2, -0.15) is 0 Å². The molecule has 3 N–H and O–H groups in total. The SMILES string of the molecule is Cc1cccc(N)c1N(CCO)Cc1ccccc1. The molecule has 2 aromatic rings. The van der Waals surface area contributed by atoms with Gasteiger partial charge in [0.2, 0.25) is 0 Å². The van der Waals surface area contributed by atoms with Gasteiger partial charge in [-0.25, -0.2) is 0 Å². The molecule has 0 spiro atoms. The van der Waals surface area contributed by atoms with Crippen molar-refractivity contribution in [3.63, 3.8) is 0 Å². The van der Waals surface area contributed by atoms with Crippen LogP contribution in [0.1, 0.15) is 11.1 Å². The third-order valence-corrected chi connectivity index (χ3v) is 3.17. The number of para-hydroxylation sites is 1. The summed E-state index contributed by atoms with van der Waals surface area (Å²) >= 11 is 0. The van der Waals surface area contributed by atoms with Gasteiger partial charge in [-0.3, -0.25) is 0 Å². The molecular formula is C16H20N2O.